The Morgan fingerprint density at radius 2 is 1.74 bits per heavy atom. The molecule has 0 unspecified atom stereocenters. The number of amides is 1. The summed E-state index contributed by atoms with van der Waals surface area (Å²) in [7, 11) is 2.00. The molecular formula is C24H34N4O3. The number of carbonyl (C=O) groups excluding carboxylic acids is 1. The minimum atomic E-state index is 0.103. The number of nitrogens with zero attached hydrogens (tertiary/aromatic N) is 3. The lowest BCUT2D eigenvalue weighted by molar-refractivity contribution is -0.132. The van der Waals surface area contributed by atoms with Crippen LogP contribution in [0.4, 0.5) is 0 Å². The van der Waals surface area contributed by atoms with Gasteiger partial charge >= 0.3 is 0 Å². The minimum absolute atomic E-state index is 0.103. The van der Waals surface area contributed by atoms with Crippen molar-refractivity contribution in [3.63, 3.8) is 0 Å². The number of rotatable bonds is 5. The molecule has 0 aromatic heterocycles. The van der Waals surface area contributed by atoms with Crippen molar-refractivity contribution in [2.45, 2.75) is 51.2 Å². The highest BCUT2D eigenvalue weighted by atomic mass is 16.5. The van der Waals surface area contributed by atoms with Crippen molar-refractivity contribution < 1.29 is 14.3 Å². The monoisotopic (exact) mass is 426 g/mol. The van der Waals surface area contributed by atoms with Crippen molar-refractivity contribution in [3.05, 3.63) is 47.4 Å². The van der Waals surface area contributed by atoms with Crippen molar-refractivity contribution in [2.75, 3.05) is 39.9 Å². The van der Waals surface area contributed by atoms with Crippen molar-refractivity contribution in [1.29, 1.82) is 0 Å². The van der Waals surface area contributed by atoms with Crippen LogP contribution >= 0.6 is 0 Å². The summed E-state index contributed by atoms with van der Waals surface area (Å²) < 4.78 is 12.6. The average Bonchev–Trinajstić information content (AvgIpc) is 2.80. The number of benzene rings is 1. The van der Waals surface area contributed by atoms with E-state index in [0.717, 1.165) is 74.8 Å². The summed E-state index contributed by atoms with van der Waals surface area (Å²) in [6.07, 6.45) is 4.49. The summed E-state index contributed by atoms with van der Waals surface area (Å²) in [5.41, 5.74) is 2.03. The zero-order valence-electron chi connectivity index (χ0n) is 18.7. The van der Waals surface area contributed by atoms with Crippen LogP contribution in [-0.4, -0.2) is 73.7 Å². The summed E-state index contributed by atoms with van der Waals surface area (Å²) in [5, 5.41) is 3.37. The second kappa shape index (κ2) is 10.2. The summed E-state index contributed by atoms with van der Waals surface area (Å²) in [6, 6.07) is 9.95. The predicted molar refractivity (Wildman–Crippen MR) is 121 cm³/mol. The zero-order valence-corrected chi connectivity index (χ0v) is 18.7. The van der Waals surface area contributed by atoms with Crippen molar-refractivity contribution >= 4 is 11.8 Å². The van der Waals surface area contributed by atoms with Gasteiger partial charge in [-0.1, -0.05) is 30.3 Å². The molecular weight excluding hydrogens is 392 g/mol. The molecule has 0 atom stereocenters. The van der Waals surface area contributed by atoms with E-state index in [4.69, 9.17) is 9.47 Å². The molecule has 3 aliphatic rings. The summed E-state index contributed by atoms with van der Waals surface area (Å²) in [4.78, 5) is 21.2. The topological polar surface area (TPSA) is 66.4 Å². The second-order valence-electron chi connectivity index (χ2n) is 8.66. The number of hydrogen-bond donors (Lipinski definition) is 1. The fourth-order valence-corrected chi connectivity index (χ4v) is 4.37. The number of nitrogens with one attached hydrogen (secondary N) is 1. The number of carbonyl (C=O) groups is 1. The van der Waals surface area contributed by atoms with E-state index in [-0.39, 0.29) is 18.1 Å². The maximum atomic E-state index is 12.6. The van der Waals surface area contributed by atoms with Gasteiger partial charge in [-0.15, -0.1) is 0 Å². The first-order valence-corrected chi connectivity index (χ1v) is 11.4. The standard InChI is InChI=1S/C24H34N4O3/c1-18-23(30-20-8-12-25-13-9-20)26-17-27(2)24(18)31-21-10-14-28(15-11-21)22(29)16-19-6-4-3-5-7-19/h3-7,20-21,25H,8-17H2,1-2H3. The predicted octanol–water partition coefficient (Wildman–Crippen LogP) is 2.54. The number of ether oxygens (including phenoxy) is 2. The fourth-order valence-electron chi connectivity index (χ4n) is 4.37. The third-order valence-corrected chi connectivity index (χ3v) is 6.25. The van der Waals surface area contributed by atoms with E-state index >= 15 is 0 Å². The molecule has 3 heterocycles. The lowest BCUT2D eigenvalue weighted by Gasteiger charge is -2.36. The van der Waals surface area contributed by atoms with Crippen LogP contribution in [0.1, 0.15) is 38.2 Å². The minimum Gasteiger partial charge on any atom is -0.475 e. The van der Waals surface area contributed by atoms with Crippen molar-refractivity contribution in [3.8, 4) is 0 Å². The van der Waals surface area contributed by atoms with E-state index in [1.807, 2.05) is 54.1 Å². The molecule has 31 heavy (non-hydrogen) atoms. The van der Waals surface area contributed by atoms with E-state index in [1.54, 1.807) is 0 Å². The van der Waals surface area contributed by atoms with Gasteiger partial charge in [-0.05, 0) is 38.4 Å². The third kappa shape index (κ3) is 5.58. The average molecular weight is 427 g/mol. The van der Waals surface area contributed by atoms with E-state index in [1.165, 1.54) is 0 Å². The van der Waals surface area contributed by atoms with Crippen LogP contribution in [0.25, 0.3) is 0 Å². The van der Waals surface area contributed by atoms with Crippen molar-refractivity contribution in [2.24, 2.45) is 4.99 Å². The molecule has 0 bridgehead atoms. The van der Waals surface area contributed by atoms with Gasteiger partial charge in [-0.25, -0.2) is 4.99 Å². The number of hydrogen-bond acceptors (Lipinski definition) is 6. The Balaban J connectivity index is 1.30. The number of piperidine rings is 2. The highest BCUT2D eigenvalue weighted by Gasteiger charge is 2.29. The Hall–Kier alpha value is -2.54. The molecule has 0 aliphatic carbocycles. The van der Waals surface area contributed by atoms with Crippen LogP contribution in [0.3, 0.4) is 0 Å². The smallest absolute Gasteiger partial charge is 0.226 e. The van der Waals surface area contributed by atoms with Gasteiger partial charge in [0.15, 0.2) is 5.88 Å². The van der Waals surface area contributed by atoms with Crippen LogP contribution in [-0.2, 0) is 20.7 Å². The lowest BCUT2D eigenvalue weighted by Crippen LogP contribution is -2.42. The summed E-state index contributed by atoms with van der Waals surface area (Å²) >= 11 is 0. The molecule has 7 heteroatoms. The highest BCUT2D eigenvalue weighted by Crippen LogP contribution is 2.25. The molecule has 1 aromatic rings. The molecule has 2 saturated heterocycles. The van der Waals surface area contributed by atoms with Gasteiger partial charge in [0.2, 0.25) is 11.8 Å². The molecule has 2 fully saturated rings. The van der Waals surface area contributed by atoms with Crippen LogP contribution in [0.2, 0.25) is 0 Å². The molecule has 0 saturated carbocycles. The van der Waals surface area contributed by atoms with Gasteiger partial charge < -0.3 is 24.6 Å². The van der Waals surface area contributed by atoms with Gasteiger partial charge in [-0.3, -0.25) is 4.79 Å². The molecule has 0 spiro atoms. The van der Waals surface area contributed by atoms with Crippen molar-refractivity contribution in [1.82, 2.24) is 15.1 Å². The molecule has 168 valence electrons. The Kier molecular flexibility index (Phi) is 7.12. The Labute approximate surface area is 185 Å². The fraction of sp³-hybridized carbons (Fsp3) is 0.583. The van der Waals surface area contributed by atoms with Crippen LogP contribution in [0.15, 0.2) is 46.8 Å². The quantitative estimate of drug-likeness (QED) is 0.784. The Morgan fingerprint density at radius 1 is 1.06 bits per heavy atom. The first-order chi connectivity index (χ1) is 15.1. The highest BCUT2D eigenvalue weighted by molar-refractivity contribution is 5.94. The molecule has 1 N–H and O–H groups in total. The van der Waals surface area contributed by atoms with Crippen LogP contribution < -0.4 is 5.32 Å². The van der Waals surface area contributed by atoms with Gasteiger partial charge in [0.05, 0.1) is 12.0 Å². The first-order valence-electron chi connectivity index (χ1n) is 11.4. The van der Waals surface area contributed by atoms with E-state index in [2.05, 4.69) is 10.3 Å². The molecule has 4 rings (SSSR count). The normalized spacial score (nSPS) is 21.2. The summed E-state index contributed by atoms with van der Waals surface area (Å²) in [6.45, 7) is 6.03. The van der Waals surface area contributed by atoms with Gasteiger partial charge in [0, 0.05) is 33.0 Å². The molecule has 7 nitrogen and oxygen atoms in total. The zero-order chi connectivity index (χ0) is 21.6. The Morgan fingerprint density at radius 3 is 2.45 bits per heavy atom. The maximum Gasteiger partial charge on any atom is 0.226 e. The largest absolute Gasteiger partial charge is 0.475 e. The molecule has 0 radical (unpaired) electrons. The SMILES string of the molecule is CC1=C(OC2CCN(C(=O)Cc3ccccc3)CC2)N(C)CN=C1OC1CCNCC1. The van der Waals surface area contributed by atoms with E-state index in [9.17, 15) is 4.79 Å². The molecule has 1 amide bonds. The maximum absolute atomic E-state index is 12.6. The molecule has 3 aliphatic heterocycles. The lowest BCUT2D eigenvalue weighted by atomic mass is 10.1. The van der Waals surface area contributed by atoms with Gasteiger partial charge in [-0.2, -0.15) is 0 Å². The summed E-state index contributed by atoms with van der Waals surface area (Å²) in [5.74, 6) is 1.77. The van der Waals surface area contributed by atoms with Gasteiger partial charge in [0.25, 0.3) is 0 Å². The first kappa shape index (κ1) is 21.7. The Bertz CT molecular complexity index is 809. The number of aliphatic imine (C=N–C) groups is 1. The number of likely N-dealkylation sites (tertiary alicyclic amines) is 1. The third-order valence-electron chi connectivity index (χ3n) is 6.25. The second-order valence-corrected chi connectivity index (χ2v) is 8.66. The molecule has 1 aromatic carbocycles. The van der Waals surface area contributed by atoms with Crippen LogP contribution in [0, 0.1) is 0 Å². The van der Waals surface area contributed by atoms with Gasteiger partial charge in [0.1, 0.15) is 18.9 Å². The van der Waals surface area contributed by atoms with Crippen LogP contribution in [0.5, 0.6) is 0 Å². The van der Waals surface area contributed by atoms with E-state index in [0.29, 0.717) is 13.1 Å². The van der Waals surface area contributed by atoms with E-state index < -0.39 is 0 Å².